The zero-order chi connectivity index (χ0) is 51.5. The van der Waals surface area contributed by atoms with Gasteiger partial charge in [0.1, 0.15) is 19.3 Å². The first kappa shape index (κ1) is 66.7. The number of esters is 1. The lowest BCUT2D eigenvalue weighted by molar-refractivity contribution is -0.870. The normalized spacial score (nSPS) is 14.7. The largest absolute Gasteiger partial charge is 0.472 e. The molecule has 0 bridgehead atoms. The maximum Gasteiger partial charge on any atom is 0.472 e. The van der Waals surface area contributed by atoms with Crippen LogP contribution in [-0.4, -0.2) is 74.3 Å². The number of rotatable bonds is 48. The van der Waals surface area contributed by atoms with E-state index in [4.69, 9.17) is 13.8 Å². The number of hydrogen-bond donors (Lipinski definition) is 2. The third-order valence-corrected chi connectivity index (χ3v) is 12.4. The second kappa shape index (κ2) is 49.3. The van der Waals surface area contributed by atoms with Gasteiger partial charge in [-0.25, -0.2) is 4.57 Å². The Labute approximate surface area is 430 Å². The molecule has 0 aromatic carbocycles. The summed E-state index contributed by atoms with van der Waals surface area (Å²) in [4.78, 5) is 37.5. The zero-order valence-corrected chi connectivity index (χ0v) is 46.4. The van der Waals surface area contributed by atoms with Crippen molar-refractivity contribution < 1.29 is 37.3 Å². The molecule has 1 amide bonds. The topological polar surface area (TPSA) is 111 Å². The molecule has 0 rings (SSSR count). The van der Waals surface area contributed by atoms with E-state index in [-0.39, 0.29) is 37.9 Å². The molecule has 0 saturated carbocycles. The Morgan fingerprint density at radius 1 is 0.514 bits per heavy atom. The molecule has 0 aromatic rings. The monoisotopic (exact) mass is 996 g/mol. The van der Waals surface area contributed by atoms with Gasteiger partial charge in [0, 0.05) is 12.8 Å². The molecule has 9 nitrogen and oxygen atoms in total. The molecule has 0 aromatic heterocycles. The van der Waals surface area contributed by atoms with Crippen molar-refractivity contribution >= 4 is 19.7 Å². The van der Waals surface area contributed by atoms with E-state index in [0.29, 0.717) is 23.9 Å². The number of carbonyl (C=O) groups excluding carboxylic acids is 2. The van der Waals surface area contributed by atoms with Crippen LogP contribution in [-0.2, 0) is 27.9 Å². The standard InChI is InChI=1S/C60H103N2O7P/c1-7-10-13-16-19-22-25-28-30-31-32-34-37-40-43-46-49-52-59(63)61-57(56-68-70(65,66)67-55-54-62(4,5)6)58(51-48-45-42-39-36-33-27-24-21-18-15-12-9-3)69-60(64)53-50-47-44-41-38-35-29-26-23-20-17-14-11-8-2/h10-11,13-14,19-20,22-23,28-30,32,34-35,40,43,48,51,57-58H,7-9,12,15-18,21,24-27,31,33,36-39,41-42,44-47,49-50,52-56H2,1-6H3,(H-,61,63,65,66)/p+1/b13-10-,14-11+,22-19-,23-20+,30-28-,34-32-,35-29+,43-40-,51-48+. The second-order valence-electron chi connectivity index (χ2n) is 19.3. The van der Waals surface area contributed by atoms with Gasteiger partial charge in [0.25, 0.3) is 0 Å². The first-order chi connectivity index (χ1) is 33.9. The fourth-order valence-electron chi connectivity index (χ4n) is 7.22. The number of quaternary nitrogens is 1. The van der Waals surface area contributed by atoms with E-state index in [1.807, 2.05) is 33.3 Å². The molecule has 400 valence electrons. The van der Waals surface area contributed by atoms with E-state index in [9.17, 15) is 19.0 Å². The zero-order valence-electron chi connectivity index (χ0n) is 45.5. The third kappa shape index (κ3) is 49.6. The minimum atomic E-state index is -4.47. The summed E-state index contributed by atoms with van der Waals surface area (Å²) in [6.07, 6.45) is 66.6. The summed E-state index contributed by atoms with van der Waals surface area (Å²) in [6.45, 7) is 6.70. The van der Waals surface area contributed by atoms with Gasteiger partial charge in [-0.3, -0.25) is 18.6 Å². The Morgan fingerprint density at radius 3 is 1.40 bits per heavy atom. The van der Waals surface area contributed by atoms with E-state index < -0.39 is 20.0 Å². The van der Waals surface area contributed by atoms with Crippen molar-refractivity contribution in [3.05, 3.63) is 109 Å². The highest BCUT2D eigenvalue weighted by atomic mass is 31.2. The smallest absolute Gasteiger partial charge is 0.456 e. The second-order valence-corrected chi connectivity index (χ2v) is 20.8. The number of likely N-dealkylation sites (N-methyl/N-ethyl adjacent to an activating group) is 1. The fourth-order valence-corrected chi connectivity index (χ4v) is 7.96. The molecule has 0 aliphatic heterocycles. The molecule has 3 unspecified atom stereocenters. The minimum Gasteiger partial charge on any atom is -0.456 e. The molecule has 0 radical (unpaired) electrons. The van der Waals surface area contributed by atoms with Crippen LogP contribution in [0.15, 0.2) is 109 Å². The number of nitrogens with one attached hydrogen (secondary N) is 1. The summed E-state index contributed by atoms with van der Waals surface area (Å²) in [7, 11) is 1.43. The lowest BCUT2D eigenvalue weighted by Gasteiger charge is -2.27. The van der Waals surface area contributed by atoms with E-state index in [1.165, 1.54) is 57.8 Å². The van der Waals surface area contributed by atoms with Crippen molar-refractivity contribution in [3.8, 4) is 0 Å². The van der Waals surface area contributed by atoms with Gasteiger partial charge in [-0.2, -0.15) is 0 Å². The maximum atomic E-state index is 13.5. The van der Waals surface area contributed by atoms with Crippen molar-refractivity contribution in [2.24, 2.45) is 0 Å². The molecule has 0 spiro atoms. The van der Waals surface area contributed by atoms with Gasteiger partial charge in [-0.05, 0) is 102 Å². The Morgan fingerprint density at radius 2 is 0.929 bits per heavy atom. The highest BCUT2D eigenvalue weighted by Gasteiger charge is 2.30. The quantitative estimate of drug-likeness (QED) is 0.0205. The van der Waals surface area contributed by atoms with Crippen LogP contribution >= 0.6 is 7.82 Å². The molecule has 0 aliphatic rings. The molecule has 70 heavy (non-hydrogen) atoms. The summed E-state index contributed by atoms with van der Waals surface area (Å²) >= 11 is 0. The fraction of sp³-hybridized carbons (Fsp3) is 0.667. The molecule has 3 atom stereocenters. The van der Waals surface area contributed by atoms with Crippen LogP contribution in [0, 0.1) is 0 Å². The number of unbranched alkanes of at least 4 members (excludes halogenated alkanes) is 16. The van der Waals surface area contributed by atoms with Crippen molar-refractivity contribution in [2.75, 3.05) is 40.9 Å². The average Bonchev–Trinajstić information content (AvgIpc) is 3.32. The molecule has 0 aliphatic carbocycles. The third-order valence-electron chi connectivity index (χ3n) is 11.5. The van der Waals surface area contributed by atoms with Crippen molar-refractivity contribution in [2.45, 2.75) is 219 Å². The number of nitrogens with zero attached hydrogens (tertiary/aromatic N) is 1. The Kier molecular flexibility index (Phi) is 46.9. The number of phosphoric ester groups is 1. The predicted molar refractivity (Wildman–Crippen MR) is 300 cm³/mol. The van der Waals surface area contributed by atoms with Gasteiger partial charge in [0.05, 0.1) is 33.8 Å². The van der Waals surface area contributed by atoms with Crippen LogP contribution in [0.4, 0.5) is 0 Å². The number of hydrogen-bond acceptors (Lipinski definition) is 6. The van der Waals surface area contributed by atoms with E-state index in [0.717, 1.165) is 103 Å². The lowest BCUT2D eigenvalue weighted by atomic mass is 10.0. The van der Waals surface area contributed by atoms with Crippen LogP contribution in [0.2, 0.25) is 0 Å². The molecule has 0 saturated heterocycles. The van der Waals surface area contributed by atoms with Gasteiger partial charge in [0.2, 0.25) is 5.91 Å². The van der Waals surface area contributed by atoms with Crippen LogP contribution in [0.25, 0.3) is 0 Å². The molecule has 0 heterocycles. The van der Waals surface area contributed by atoms with Gasteiger partial charge in [-0.15, -0.1) is 0 Å². The van der Waals surface area contributed by atoms with Crippen LogP contribution < -0.4 is 5.32 Å². The summed E-state index contributed by atoms with van der Waals surface area (Å²) in [5.74, 6) is -0.609. The minimum absolute atomic E-state index is 0.0201. The lowest BCUT2D eigenvalue weighted by Crippen LogP contribution is -2.47. The summed E-state index contributed by atoms with van der Waals surface area (Å²) in [6, 6.07) is -0.893. The van der Waals surface area contributed by atoms with Crippen LogP contribution in [0.3, 0.4) is 0 Å². The summed E-state index contributed by atoms with van der Waals surface area (Å²) < 4.78 is 30.5. The number of phosphoric acid groups is 1. The Balaban J connectivity index is 5.54. The van der Waals surface area contributed by atoms with E-state index in [2.05, 4.69) is 123 Å². The number of ether oxygens (including phenoxy) is 1. The molecule has 10 heteroatoms. The molecule has 0 fully saturated rings. The highest BCUT2D eigenvalue weighted by molar-refractivity contribution is 7.47. The van der Waals surface area contributed by atoms with Crippen LogP contribution in [0.5, 0.6) is 0 Å². The number of allylic oxidation sites excluding steroid dienone is 17. The first-order valence-electron chi connectivity index (χ1n) is 27.7. The predicted octanol–water partition coefficient (Wildman–Crippen LogP) is 16.6. The Hall–Kier alpha value is -3.33. The van der Waals surface area contributed by atoms with E-state index in [1.54, 1.807) is 0 Å². The van der Waals surface area contributed by atoms with Gasteiger partial charge >= 0.3 is 13.8 Å². The number of amides is 1. The van der Waals surface area contributed by atoms with Crippen molar-refractivity contribution in [1.29, 1.82) is 0 Å². The summed E-state index contributed by atoms with van der Waals surface area (Å²) in [5.41, 5.74) is 0. The van der Waals surface area contributed by atoms with Crippen LogP contribution in [0.1, 0.15) is 207 Å². The highest BCUT2D eigenvalue weighted by Crippen LogP contribution is 2.43. The van der Waals surface area contributed by atoms with Gasteiger partial charge < -0.3 is 19.4 Å². The first-order valence-corrected chi connectivity index (χ1v) is 29.2. The average molecular weight is 996 g/mol. The molecule has 2 N–H and O–H groups in total. The van der Waals surface area contributed by atoms with Crippen molar-refractivity contribution in [1.82, 2.24) is 5.32 Å². The van der Waals surface area contributed by atoms with Gasteiger partial charge in [0.15, 0.2) is 0 Å². The summed E-state index contributed by atoms with van der Waals surface area (Å²) in [5, 5.41) is 3.00. The maximum absolute atomic E-state index is 13.5. The molecular weight excluding hydrogens is 892 g/mol. The SMILES string of the molecule is CC/C=C\C/C=C\C/C=C\C/C=C\C/C=C\CCCC(=O)NC(COP(=O)(O)OCC[N+](C)(C)C)C(/C=C/CCCCCCCCCCCCC)OC(=O)CCCCCC/C=C/C/C=C/C/C=C/CC. The van der Waals surface area contributed by atoms with Crippen molar-refractivity contribution in [3.63, 3.8) is 0 Å². The number of carbonyl (C=O) groups is 2. The Bertz CT molecular complexity index is 1570. The van der Waals surface area contributed by atoms with E-state index >= 15 is 0 Å². The molecular formula is C60H104N2O7P+. The van der Waals surface area contributed by atoms with Gasteiger partial charge in [-0.1, -0.05) is 201 Å².